The highest BCUT2D eigenvalue weighted by atomic mass is 16.5. The minimum atomic E-state index is -0.415. The van der Waals surface area contributed by atoms with Gasteiger partial charge in [-0.2, -0.15) is 0 Å². The van der Waals surface area contributed by atoms with Crippen LogP contribution in [0.25, 0.3) is 0 Å². The van der Waals surface area contributed by atoms with Gasteiger partial charge in [-0.25, -0.2) is 4.79 Å². The molecule has 0 fully saturated rings. The van der Waals surface area contributed by atoms with E-state index in [9.17, 15) is 9.59 Å². The van der Waals surface area contributed by atoms with E-state index in [2.05, 4.69) is 13.2 Å². The van der Waals surface area contributed by atoms with Crippen LogP contribution in [0.1, 0.15) is 35.3 Å². The van der Waals surface area contributed by atoms with Crippen LogP contribution in [0.4, 0.5) is 0 Å². The van der Waals surface area contributed by atoms with Crippen LogP contribution in [-0.4, -0.2) is 30.4 Å². The van der Waals surface area contributed by atoms with Gasteiger partial charge in [0.2, 0.25) is 5.91 Å². The maximum absolute atomic E-state index is 11.9. The van der Waals surface area contributed by atoms with Gasteiger partial charge in [-0.05, 0) is 18.1 Å². The summed E-state index contributed by atoms with van der Waals surface area (Å²) >= 11 is 0. The van der Waals surface area contributed by atoms with E-state index in [0.717, 1.165) is 5.56 Å². The van der Waals surface area contributed by atoms with Crippen molar-refractivity contribution in [1.29, 1.82) is 0 Å². The van der Waals surface area contributed by atoms with E-state index in [1.54, 1.807) is 29.2 Å². The molecule has 21 heavy (non-hydrogen) atoms. The van der Waals surface area contributed by atoms with Crippen molar-refractivity contribution in [3.8, 4) is 0 Å². The van der Waals surface area contributed by atoms with Gasteiger partial charge >= 0.3 is 5.97 Å². The second-order valence-electron chi connectivity index (χ2n) is 4.58. The fraction of sp³-hybridized carbons (Fsp3) is 0.294. The Labute approximate surface area is 125 Å². The fourth-order valence-corrected chi connectivity index (χ4v) is 2.28. The van der Waals surface area contributed by atoms with E-state index in [0.29, 0.717) is 18.5 Å². The second kappa shape index (κ2) is 8.04. The molecule has 0 aliphatic heterocycles. The van der Waals surface area contributed by atoms with Crippen molar-refractivity contribution in [2.75, 3.05) is 13.7 Å². The summed E-state index contributed by atoms with van der Waals surface area (Å²) in [5.74, 6) is -0.497. The molecule has 1 aromatic carbocycles. The average molecular weight is 287 g/mol. The number of esters is 1. The molecule has 1 rings (SSSR count). The molecule has 0 saturated heterocycles. The zero-order chi connectivity index (χ0) is 15.8. The highest BCUT2D eigenvalue weighted by molar-refractivity contribution is 5.91. The Hall–Kier alpha value is -2.36. The topological polar surface area (TPSA) is 46.6 Å². The lowest BCUT2D eigenvalue weighted by molar-refractivity contribution is -0.130. The zero-order valence-corrected chi connectivity index (χ0v) is 12.5. The molecule has 0 aromatic heterocycles. The molecule has 0 N–H and O–H groups in total. The summed E-state index contributed by atoms with van der Waals surface area (Å²) < 4.78 is 4.82. The first-order chi connectivity index (χ1) is 10.1. The summed E-state index contributed by atoms with van der Waals surface area (Å²) in [6.07, 6.45) is 3.94. The third kappa shape index (κ3) is 4.05. The molecule has 1 amide bonds. The van der Waals surface area contributed by atoms with Gasteiger partial charge in [0.15, 0.2) is 0 Å². The van der Waals surface area contributed by atoms with Crippen molar-refractivity contribution in [2.24, 2.45) is 0 Å². The Bertz CT molecular complexity index is 537. The molecule has 0 aliphatic carbocycles. The van der Waals surface area contributed by atoms with Gasteiger partial charge in [0.1, 0.15) is 0 Å². The quantitative estimate of drug-likeness (QED) is 0.572. The second-order valence-corrected chi connectivity index (χ2v) is 4.58. The molecule has 112 valence electrons. The number of carbonyl (C=O) groups excluding carboxylic acids is 2. The molecule has 1 unspecified atom stereocenters. The van der Waals surface area contributed by atoms with Gasteiger partial charge < -0.3 is 9.64 Å². The van der Waals surface area contributed by atoms with E-state index < -0.39 is 5.97 Å². The Balaban J connectivity index is 3.33. The van der Waals surface area contributed by atoms with Crippen LogP contribution in [0.2, 0.25) is 0 Å². The van der Waals surface area contributed by atoms with E-state index in [4.69, 9.17) is 4.74 Å². The Kier molecular flexibility index (Phi) is 6.40. The van der Waals surface area contributed by atoms with Crippen LogP contribution in [0.15, 0.2) is 49.6 Å². The van der Waals surface area contributed by atoms with E-state index in [1.165, 1.54) is 14.0 Å². The first-order valence-corrected chi connectivity index (χ1v) is 6.73. The van der Waals surface area contributed by atoms with Crippen LogP contribution in [0.5, 0.6) is 0 Å². The summed E-state index contributed by atoms with van der Waals surface area (Å²) in [4.78, 5) is 25.5. The molecule has 1 aromatic rings. The zero-order valence-electron chi connectivity index (χ0n) is 12.5. The van der Waals surface area contributed by atoms with Crippen molar-refractivity contribution in [2.45, 2.75) is 19.4 Å². The largest absolute Gasteiger partial charge is 0.465 e. The summed E-state index contributed by atoms with van der Waals surface area (Å²) in [6.45, 7) is 9.33. The number of carbonyl (C=O) groups is 2. The first kappa shape index (κ1) is 16.7. The minimum Gasteiger partial charge on any atom is -0.465 e. The van der Waals surface area contributed by atoms with Crippen LogP contribution >= 0.6 is 0 Å². The fourth-order valence-electron chi connectivity index (χ4n) is 2.28. The predicted molar refractivity (Wildman–Crippen MR) is 82.9 cm³/mol. The molecule has 0 heterocycles. The van der Waals surface area contributed by atoms with Crippen molar-refractivity contribution in [3.63, 3.8) is 0 Å². The smallest absolute Gasteiger partial charge is 0.338 e. The monoisotopic (exact) mass is 287 g/mol. The van der Waals surface area contributed by atoms with Crippen molar-refractivity contribution in [1.82, 2.24) is 4.90 Å². The number of hydrogen-bond acceptors (Lipinski definition) is 3. The van der Waals surface area contributed by atoms with Gasteiger partial charge in [0.25, 0.3) is 0 Å². The van der Waals surface area contributed by atoms with Crippen LogP contribution in [-0.2, 0) is 9.53 Å². The summed E-state index contributed by atoms with van der Waals surface area (Å²) in [5.41, 5.74) is 1.21. The number of rotatable bonds is 7. The molecule has 0 spiro atoms. The maximum atomic E-state index is 11.9. The molecule has 1 atom stereocenters. The van der Waals surface area contributed by atoms with Gasteiger partial charge in [0.05, 0.1) is 18.7 Å². The number of benzene rings is 1. The van der Waals surface area contributed by atoms with Crippen molar-refractivity contribution >= 4 is 11.9 Å². The van der Waals surface area contributed by atoms with Gasteiger partial charge in [-0.1, -0.05) is 30.4 Å². The lowest BCUT2D eigenvalue weighted by atomic mass is 9.96. The SMILES string of the molecule is C=CCC(c1ccccc1C(=O)OC)N(CC=C)C(C)=O. The Morgan fingerprint density at radius 3 is 2.48 bits per heavy atom. The average Bonchev–Trinajstić information content (AvgIpc) is 2.49. The summed E-state index contributed by atoms with van der Waals surface area (Å²) in [6, 6.07) is 6.87. The highest BCUT2D eigenvalue weighted by Crippen LogP contribution is 2.28. The standard InChI is InChI=1S/C17H21NO3/c1-5-9-16(18(12-6-2)13(3)19)14-10-7-8-11-15(14)17(20)21-4/h5-8,10-11,16H,1-2,9,12H2,3-4H3. The summed E-state index contributed by atoms with van der Waals surface area (Å²) in [7, 11) is 1.34. The van der Waals surface area contributed by atoms with Gasteiger partial charge in [0, 0.05) is 13.5 Å². The lowest BCUT2D eigenvalue weighted by Crippen LogP contribution is -2.34. The van der Waals surface area contributed by atoms with Crippen LogP contribution in [0.3, 0.4) is 0 Å². The molecule has 0 radical (unpaired) electrons. The molecule has 4 heteroatoms. The predicted octanol–water partition coefficient (Wildman–Crippen LogP) is 3.12. The Morgan fingerprint density at radius 2 is 1.95 bits per heavy atom. The van der Waals surface area contributed by atoms with E-state index in [-0.39, 0.29) is 11.9 Å². The third-order valence-electron chi connectivity index (χ3n) is 3.22. The molecular weight excluding hydrogens is 266 g/mol. The number of amides is 1. The third-order valence-corrected chi connectivity index (χ3v) is 3.22. The molecule has 4 nitrogen and oxygen atoms in total. The molecule has 0 bridgehead atoms. The van der Waals surface area contributed by atoms with Crippen molar-refractivity contribution < 1.29 is 14.3 Å². The molecule has 0 saturated carbocycles. The maximum Gasteiger partial charge on any atom is 0.338 e. The minimum absolute atomic E-state index is 0.0820. The van der Waals surface area contributed by atoms with Crippen molar-refractivity contribution in [3.05, 3.63) is 60.7 Å². The molecular formula is C17H21NO3. The Morgan fingerprint density at radius 1 is 1.29 bits per heavy atom. The normalized spacial score (nSPS) is 11.3. The number of hydrogen-bond donors (Lipinski definition) is 0. The van der Waals surface area contributed by atoms with Gasteiger partial charge in [-0.3, -0.25) is 4.79 Å². The van der Waals surface area contributed by atoms with E-state index in [1.807, 2.05) is 12.1 Å². The number of ether oxygens (including phenoxy) is 1. The van der Waals surface area contributed by atoms with Crippen LogP contribution in [0, 0.1) is 0 Å². The summed E-state index contributed by atoms with van der Waals surface area (Å²) in [5, 5.41) is 0. The first-order valence-electron chi connectivity index (χ1n) is 6.73. The van der Waals surface area contributed by atoms with Crippen LogP contribution < -0.4 is 0 Å². The number of methoxy groups -OCH3 is 1. The number of nitrogens with zero attached hydrogens (tertiary/aromatic N) is 1. The molecule has 0 aliphatic rings. The highest BCUT2D eigenvalue weighted by Gasteiger charge is 2.25. The lowest BCUT2D eigenvalue weighted by Gasteiger charge is -2.30. The van der Waals surface area contributed by atoms with E-state index >= 15 is 0 Å². The van der Waals surface area contributed by atoms with Gasteiger partial charge in [-0.15, -0.1) is 13.2 Å².